The highest BCUT2D eigenvalue weighted by molar-refractivity contribution is 6.47. The number of carbonyl (C=O) groups excluding carboxylic acids is 2. The molecule has 0 aliphatic carbocycles. The molecule has 1 heterocycles. The highest BCUT2D eigenvalue weighted by atomic mass is 16.5. The molecule has 1 aromatic carbocycles. The van der Waals surface area contributed by atoms with Crippen molar-refractivity contribution in [1.29, 1.82) is 0 Å². The SMILES string of the molecule is CCCCCc1cc(O)cc2c1C(=O)C(=O)C(C)(C)O2. The highest BCUT2D eigenvalue weighted by Crippen LogP contribution is 2.36. The maximum absolute atomic E-state index is 12.3. The number of rotatable bonds is 4. The van der Waals surface area contributed by atoms with Crippen molar-refractivity contribution in [2.75, 3.05) is 0 Å². The van der Waals surface area contributed by atoms with E-state index in [1.54, 1.807) is 19.9 Å². The molecule has 0 atom stereocenters. The van der Waals surface area contributed by atoms with Gasteiger partial charge < -0.3 is 9.84 Å². The van der Waals surface area contributed by atoms with Gasteiger partial charge in [-0.2, -0.15) is 0 Å². The lowest BCUT2D eigenvalue weighted by Gasteiger charge is -2.31. The Morgan fingerprint density at radius 3 is 2.55 bits per heavy atom. The van der Waals surface area contributed by atoms with Gasteiger partial charge in [0.15, 0.2) is 5.60 Å². The second kappa shape index (κ2) is 5.27. The standard InChI is InChI=1S/C16H20O4/c1-4-5-6-7-10-8-11(17)9-12-13(10)14(18)15(19)16(2,3)20-12/h8-9,17H,4-7H2,1-3H3. The van der Waals surface area contributed by atoms with E-state index in [1.165, 1.54) is 6.07 Å². The minimum Gasteiger partial charge on any atom is -0.508 e. The third-order valence-electron chi connectivity index (χ3n) is 3.56. The normalized spacial score (nSPS) is 16.8. The molecule has 20 heavy (non-hydrogen) atoms. The Balaban J connectivity index is 2.44. The van der Waals surface area contributed by atoms with Crippen LogP contribution in [0.5, 0.6) is 11.5 Å². The number of aromatic hydroxyl groups is 1. The number of phenols is 1. The first-order valence-corrected chi connectivity index (χ1v) is 7.01. The molecule has 1 aliphatic heterocycles. The number of ether oxygens (including phenoxy) is 1. The van der Waals surface area contributed by atoms with Gasteiger partial charge in [-0.1, -0.05) is 19.8 Å². The first-order chi connectivity index (χ1) is 9.36. The number of hydrogen-bond donors (Lipinski definition) is 1. The van der Waals surface area contributed by atoms with Crippen molar-refractivity contribution in [1.82, 2.24) is 0 Å². The fourth-order valence-electron chi connectivity index (χ4n) is 2.47. The quantitative estimate of drug-likeness (QED) is 0.678. The number of aryl methyl sites for hydroxylation is 1. The van der Waals surface area contributed by atoms with E-state index in [0.717, 1.165) is 19.3 Å². The molecule has 0 bridgehead atoms. The van der Waals surface area contributed by atoms with Crippen LogP contribution >= 0.6 is 0 Å². The molecule has 2 rings (SSSR count). The van der Waals surface area contributed by atoms with Crippen molar-refractivity contribution in [3.8, 4) is 11.5 Å². The third kappa shape index (κ3) is 2.55. The van der Waals surface area contributed by atoms with Gasteiger partial charge in [0.25, 0.3) is 0 Å². The van der Waals surface area contributed by atoms with Gasteiger partial charge in [-0.05, 0) is 38.3 Å². The van der Waals surface area contributed by atoms with E-state index in [0.29, 0.717) is 23.3 Å². The molecular formula is C16H20O4. The van der Waals surface area contributed by atoms with Crippen LogP contribution in [0.4, 0.5) is 0 Å². The fraction of sp³-hybridized carbons (Fsp3) is 0.500. The molecule has 0 saturated carbocycles. The summed E-state index contributed by atoms with van der Waals surface area (Å²) in [6.45, 7) is 5.23. The van der Waals surface area contributed by atoms with E-state index in [-0.39, 0.29) is 5.75 Å². The van der Waals surface area contributed by atoms with Crippen LogP contribution in [0.25, 0.3) is 0 Å². The van der Waals surface area contributed by atoms with Crippen LogP contribution in [-0.2, 0) is 11.2 Å². The van der Waals surface area contributed by atoms with Gasteiger partial charge in [-0.3, -0.25) is 9.59 Å². The predicted octanol–water partition coefficient (Wildman–Crippen LogP) is 3.05. The van der Waals surface area contributed by atoms with Crippen molar-refractivity contribution in [3.63, 3.8) is 0 Å². The zero-order valence-corrected chi connectivity index (χ0v) is 12.2. The van der Waals surface area contributed by atoms with Gasteiger partial charge in [0.2, 0.25) is 11.6 Å². The van der Waals surface area contributed by atoms with Crippen LogP contribution < -0.4 is 4.74 Å². The van der Waals surface area contributed by atoms with Crippen molar-refractivity contribution in [2.24, 2.45) is 0 Å². The molecule has 0 spiro atoms. The van der Waals surface area contributed by atoms with Crippen molar-refractivity contribution >= 4 is 11.6 Å². The van der Waals surface area contributed by atoms with Gasteiger partial charge in [0.1, 0.15) is 11.5 Å². The topological polar surface area (TPSA) is 63.6 Å². The summed E-state index contributed by atoms with van der Waals surface area (Å²) in [4.78, 5) is 24.3. The van der Waals surface area contributed by atoms with Crippen molar-refractivity contribution in [3.05, 3.63) is 23.3 Å². The molecule has 108 valence electrons. The minimum atomic E-state index is -1.17. The number of fused-ring (bicyclic) bond motifs is 1. The zero-order valence-electron chi connectivity index (χ0n) is 12.2. The Morgan fingerprint density at radius 1 is 1.20 bits per heavy atom. The molecule has 0 aromatic heterocycles. The Labute approximate surface area is 118 Å². The molecule has 0 unspecified atom stereocenters. The Kier molecular flexibility index (Phi) is 3.84. The number of carbonyl (C=O) groups is 2. The molecular weight excluding hydrogens is 256 g/mol. The summed E-state index contributed by atoms with van der Waals surface area (Å²) in [6.07, 6.45) is 3.68. The number of hydrogen-bond acceptors (Lipinski definition) is 4. The lowest BCUT2D eigenvalue weighted by molar-refractivity contribution is -0.128. The largest absolute Gasteiger partial charge is 0.508 e. The first kappa shape index (κ1) is 14.6. The summed E-state index contributed by atoms with van der Waals surface area (Å²) < 4.78 is 5.60. The van der Waals surface area contributed by atoms with E-state index in [1.807, 2.05) is 0 Å². The molecule has 0 amide bonds. The summed E-state index contributed by atoms with van der Waals surface area (Å²) in [5.41, 5.74) is -0.149. The molecule has 1 aliphatic rings. The monoisotopic (exact) mass is 276 g/mol. The van der Waals surface area contributed by atoms with Crippen LogP contribution in [-0.4, -0.2) is 22.3 Å². The lowest BCUT2D eigenvalue weighted by Crippen LogP contribution is -2.46. The molecule has 0 radical (unpaired) electrons. The van der Waals surface area contributed by atoms with E-state index in [9.17, 15) is 14.7 Å². The second-order valence-electron chi connectivity index (χ2n) is 5.71. The Hall–Kier alpha value is -1.84. The number of unbranched alkanes of at least 4 members (excludes halogenated alkanes) is 2. The number of Topliss-reactive ketones (excluding diaryl/α,β-unsaturated/α-hetero) is 2. The lowest BCUT2D eigenvalue weighted by atomic mass is 9.87. The van der Waals surface area contributed by atoms with Crippen LogP contribution in [0.2, 0.25) is 0 Å². The van der Waals surface area contributed by atoms with Crippen LogP contribution in [0.1, 0.15) is 56.0 Å². The molecule has 4 heteroatoms. The van der Waals surface area contributed by atoms with Crippen molar-refractivity contribution < 1.29 is 19.4 Å². The predicted molar refractivity (Wildman–Crippen MR) is 75.4 cm³/mol. The number of benzene rings is 1. The van der Waals surface area contributed by atoms with Gasteiger partial charge >= 0.3 is 0 Å². The molecule has 0 fully saturated rings. The summed E-state index contributed by atoms with van der Waals surface area (Å²) in [5, 5.41) is 9.77. The minimum absolute atomic E-state index is 0.0631. The van der Waals surface area contributed by atoms with E-state index < -0.39 is 17.2 Å². The van der Waals surface area contributed by atoms with Gasteiger partial charge in [-0.15, -0.1) is 0 Å². The summed E-state index contributed by atoms with van der Waals surface area (Å²) >= 11 is 0. The maximum Gasteiger partial charge on any atom is 0.246 e. The van der Waals surface area contributed by atoms with E-state index >= 15 is 0 Å². The molecule has 1 N–H and O–H groups in total. The van der Waals surface area contributed by atoms with Crippen molar-refractivity contribution in [2.45, 2.75) is 52.1 Å². The van der Waals surface area contributed by atoms with Crippen LogP contribution in [0, 0.1) is 0 Å². The van der Waals surface area contributed by atoms with Crippen LogP contribution in [0.15, 0.2) is 12.1 Å². The molecule has 0 saturated heterocycles. The summed E-state index contributed by atoms with van der Waals surface area (Å²) in [6, 6.07) is 2.96. The highest BCUT2D eigenvalue weighted by Gasteiger charge is 2.43. The maximum atomic E-state index is 12.3. The van der Waals surface area contributed by atoms with Gasteiger partial charge in [0.05, 0.1) is 5.56 Å². The zero-order chi connectivity index (χ0) is 14.9. The second-order valence-corrected chi connectivity index (χ2v) is 5.71. The number of ketones is 2. The van der Waals surface area contributed by atoms with E-state index in [2.05, 4.69) is 6.92 Å². The van der Waals surface area contributed by atoms with Gasteiger partial charge in [0, 0.05) is 6.07 Å². The average Bonchev–Trinajstić information content (AvgIpc) is 2.35. The summed E-state index contributed by atoms with van der Waals surface area (Å²) in [5.74, 6) is -0.672. The van der Waals surface area contributed by atoms with E-state index in [4.69, 9.17) is 4.74 Å². The Bertz CT molecular complexity index is 558. The van der Waals surface area contributed by atoms with Crippen LogP contribution in [0.3, 0.4) is 0 Å². The first-order valence-electron chi connectivity index (χ1n) is 7.01. The Morgan fingerprint density at radius 2 is 1.90 bits per heavy atom. The molecule has 4 nitrogen and oxygen atoms in total. The summed E-state index contributed by atoms with van der Waals surface area (Å²) in [7, 11) is 0. The number of phenolic OH excluding ortho intramolecular Hbond substituents is 1. The average molecular weight is 276 g/mol. The van der Waals surface area contributed by atoms with Gasteiger partial charge in [-0.25, -0.2) is 0 Å². The smallest absolute Gasteiger partial charge is 0.246 e. The molecule has 1 aromatic rings. The third-order valence-corrected chi connectivity index (χ3v) is 3.56. The fourth-order valence-corrected chi connectivity index (χ4v) is 2.47.